The van der Waals surface area contributed by atoms with E-state index in [4.69, 9.17) is 12.2 Å². The Morgan fingerprint density at radius 1 is 1.32 bits per heavy atom. The smallest absolute Gasteiger partial charge is 0.178 e. The molecule has 1 N–H and O–H groups in total. The van der Waals surface area contributed by atoms with Crippen molar-refractivity contribution in [3.8, 4) is 0 Å². The Bertz CT molecular complexity index is 634. The highest BCUT2D eigenvalue weighted by Gasteiger charge is 2.17. The van der Waals surface area contributed by atoms with Crippen LogP contribution in [-0.4, -0.2) is 34.1 Å². The molecule has 1 atom stereocenters. The normalized spacial score (nSPS) is 18.2. The van der Waals surface area contributed by atoms with Crippen LogP contribution in [-0.2, 0) is 0 Å². The molecule has 1 aliphatic rings. The van der Waals surface area contributed by atoms with Crippen LogP contribution in [0.3, 0.4) is 0 Å². The van der Waals surface area contributed by atoms with E-state index >= 15 is 0 Å². The number of fused-ring (bicyclic) bond motifs is 1. The van der Waals surface area contributed by atoms with Crippen molar-refractivity contribution in [2.24, 2.45) is 0 Å². The molecule has 3 rings (SSSR count). The predicted octanol–water partition coefficient (Wildman–Crippen LogP) is 3.66. The summed E-state index contributed by atoms with van der Waals surface area (Å²) in [5.41, 5.74) is 3.66. The van der Waals surface area contributed by atoms with Gasteiger partial charge in [-0.3, -0.25) is 0 Å². The zero-order valence-electron chi connectivity index (χ0n) is 11.6. The Kier molecular flexibility index (Phi) is 3.46. The van der Waals surface area contributed by atoms with Crippen LogP contribution in [0.25, 0.3) is 11.0 Å². The van der Waals surface area contributed by atoms with E-state index in [0.717, 1.165) is 16.8 Å². The number of rotatable bonds is 3. The second kappa shape index (κ2) is 5.10. The lowest BCUT2D eigenvalue weighted by Gasteiger charge is -2.22. The van der Waals surface area contributed by atoms with Gasteiger partial charge in [0, 0.05) is 12.6 Å². The van der Waals surface area contributed by atoms with Crippen molar-refractivity contribution in [2.75, 3.05) is 19.6 Å². The van der Waals surface area contributed by atoms with Crippen molar-refractivity contribution in [1.82, 2.24) is 14.5 Å². The average molecular weight is 275 g/mol. The van der Waals surface area contributed by atoms with Gasteiger partial charge < -0.3 is 14.5 Å². The fraction of sp³-hybridized carbons (Fsp3) is 0.533. The number of H-pyrrole nitrogens is 1. The molecule has 1 fully saturated rings. The Labute approximate surface area is 119 Å². The molecule has 0 amide bonds. The van der Waals surface area contributed by atoms with Crippen LogP contribution in [0.4, 0.5) is 0 Å². The molecule has 4 heteroatoms. The largest absolute Gasteiger partial charge is 0.331 e. The number of nitrogens with zero attached hydrogens (tertiary/aromatic N) is 2. The van der Waals surface area contributed by atoms with Gasteiger partial charge in [-0.1, -0.05) is 6.07 Å². The Balaban J connectivity index is 1.96. The molecule has 0 spiro atoms. The van der Waals surface area contributed by atoms with Crippen LogP contribution < -0.4 is 0 Å². The summed E-state index contributed by atoms with van der Waals surface area (Å²) < 4.78 is 3.11. The molecule has 19 heavy (non-hydrogen) atoms. The molecular formula is C15H21N3S. The lowest BCUT2D eigenvalue weighted by Crippen LogP contribution is -2.27. The Hall–Kier alpha value is -1.13. The molecule has 0 radical (unpaired) electrons. The summed E-state index contributed by atoms with van der Waals surface area (Å²) in [6.07, 6.45) is 2.68. The summed E-state index contributed by atoms with van der Waals surface area (Å²) in [5, 5.41) is 0. The van der Waals surface area contributed by atoms with Crippen molar-refractivity contribution in [2.45, 2.75) is 32.7 Å². The lowest BCUT2D eigenvalue weighted by molar-refractivity contribution is 0.289. The van der Waals surface area contributed by atoms with E-state index in [1.54, 1.807) is 0 Å². The first kappa shape index (κ1) is 12.9. The van der Waals surface area contributed by atoms with E-state index in [-0.39, 0.29) is 0 Å². The third-order valence-corrected chi connectivity index (χ3v) is 4.33. The number of imidazole rings is 1. The minimum atomic E-state index is 0.418. The summed E-state index contributed by atoms with van der Waals surface area (Å²) >= 11 is 5.50. The van der Waals surface area contributed by atoms with Crippen LogP contribution in [0.5, 0.6) is 0 Å². The zero-order chi connectivity index (χ0) is 13.4. The highest BCUT2D eigenvalue weighted by Crippen LogP contribution is 2.22. The van der Waals surface area contributed by atoms with Crippen molar-refractivity contribution >= 4 is 23.3 Å². The molecule has 102 valence electrons. The van der Waals surface area contributed by atoms with Gasteiger partial charge in [0.2, 0.25) is 0 Å². The highest BCUT2D eigenvalue weighted by atomic mass is 32.1. The van der Waals surface area contributed by atoms with Gasteiger partial charge in [0.25, 0.3) is 0 Å². The first-order chi connectivity index (χ1) is 9.15. The van der Waals surface area contributed by atoms with Crippen molar-refractivity contribution < 1.29 is 0 Å². The van der Waals surface area contributed by atoms with Crippen LogP contribution in [0.15, 0.2) is 18.2 Å². The van der Waals surface area contributed by atoms with Gasteiger partial charge in [-0.05, 0) is 69.7 Å². The third kappa shape index (κ3) is 2.47. The number of benzene rings is 1. The fourth-order valence-electron chi connectivity index (χ4n) is 3.09. The fourth-order valence-corrected chi connectivity index (χ4v) is 3.48. The second-order valence-corrected chi connectivity index (χ2v) is 6.06. The number of aryl methyl sites for hydroxylation is 1. The summed E-state index contributed by atoms with van der Waals surface area (Å²) in [6, 6.07) is 6.89. The zero-order valence-corrected chi connectivity index (χ0v) is 12.5. The number of aromatic amines is 1. The first-order valence-corrected chi connectivity index (χ1v) is 7.49. The minimum Gasteiger partial charge on any atom is -0.331 e. The van der Waals surface area contributed by atoms with Crippen molar-refractivity contribution in [1.29, 1.82) is 0 Å². The van der Waals surface area contributed by atoms with Crippen molar-refractivity contribution in [3.05, 3.63) is 28.5 Å². The van der Waals surface area contributed by atoms with Gasteiger partial charge in [-0.25, -0.2) is 0 Å². The number of likely N-dealkylation sites (tertiary alicyclic amines) is 1. The molecule has 2 heterocycles. The maximum absolute atomic E-state index is 5.50. The van der Waals surface area contributed by atoms with Crippen LogP contribution in [0, 0.1) is 11.7 Å². The summed E-state index contributed by atoms with van der Waals surface area (Å²) in [7, 11) is 0. The lowest BCUT2D eigenvalue weighted by atomic mass is 10.2. The van der Waals surface area contributed by atoms with Crippen LogP contribution in [0.1, 0.15) is 31.4 Å². The molecule has 3 nitrogen and oxygen atoms in total. The standard InChI is InChI=1S/C15H21N3S/c1-11-5-6-13-14(9-11)18(15(19)16-13)12(2)10-17-7-3-4-8-17/h5-6,9,12H,3-4,7-8,10H2,1-2H3,(H,16,19). The summed E-state index contributed by atoms with van der Waals surface area (Å²) in [6.45, 7) is 7.96. The molecule has 0 saturated carbocycles. The van der Waals surface area contributed by atoms with E-state index < -0.39 is 0 Å². The SMILES string of the molecule is Cc1ccc2[nH]c(=S)n(C(C)CN3CCCC3)c2c1. The van der Waals surface area contributed by atoms with Gasteiger partial charge >= 0.3 is 0 Å². The van der Waals surface area contributed by atoms with Crippen molar-refractivity contribution in [3.63, 3.8) is 0 Å². The van der Waals surface area contributed by atoms with Gasteiger partial charge in [0.1, 0.15) is 0 Å². The van der Waals surface area contributed by atoms with E-state index in [0.29, 0.717) is 6.04 Å². The van der Waals surface area contributed by atoms with E-state index in [9.17, 15) is 0 Å². The molecular weight excluding hydrogens is 254 g/mol. The second-order valence-electron chi connectivity index (χ2n) is 5.68. The van der Waals surface area contributed by atoms with E-state index in [2.05, 4.69) is 46.5 Å². The third-order valence-electron chi connectivity index (χ3n) is 4.04. The van der Waals surface area contributed by atoms with Gasteiger partial charge in [-0.15, -0.1) is 0 Å². The quantitative estimate of drug-likeness (QED) is 0.864. The number of aromatic nitrogens is 2. The highest BCUT2D eigenvalue weighted by molar-refractivity contribution is 7.71. The van der Waals surface area contributed by atoms with Gasteiger partial charge in [-0.2, -0.15) is 0 Å². The summed E-state index contributed by atoms with van der Waals surface area (Å²) in [4.78, 5) is 5.86. The molecule has 1 unspecified atom stereocenters. The molecule has 2 aromatic rings. The number of nitrogens with one attached hydrogen (secondary N) is 1. The number of hydrogen-bond donors (Lipinski definition) is 1. The molecule has 0 aliphatic carbocycles. The molecule has 1 aromatic heterocycles. The molecule has 0 bridgehead atoms. The predicted molar refractivity (Wildman–Crippen MR) is 82.2 cm³/mol. The maximum atomic E-state index is 5.50. The minimum absolute atomic E-state index is 0.418. The summed E-state index contributed by atoms with van der Waals surface area (Å²) in [5.74, 6) is 0. The van der Waals surface area contributed by atoms with E-state index in [1.807, 2.05) is 0 Å². The monoisotopic (exact) mass is 275 g/mol. The maximum Gasteiger partial charge on any atom is 0.178 e. The Morgan fingerprint density at radius 2 is 2.05 bits per heavy atom. The molecule has 1 saturated heterocycles. The topological polar surface area (TPSA) is 24.0 Å². The van der Waals surface area contributed by atoms with Gasteiger partial charge in [0.05, 0.1) is 11.0 Å². The van der Waals surface area contributed by atoms with Crippen LogP contribution >= 0.6 is 12.2 Å². The molecule has 1 aromatic carbocycles. The number of hydrogen-bond acceptors (Lipinski definition) is 2. The molecule has 1 aliphatic heterocycles. The van der Waals surface area contributed by atoms with Gasteiger partial charge in [0.15, 0.2) is 4.77 Å². The Morgan fingerprint density at radius 3 is 2.79 bits per heavy atom. The average Bonchev–Trinajstić information content (AvgIpc) is 2.95. The first-order valence-electron chi connectivity index (χ1n) is 7.08. The van der Waals surface area contributed by atoms with E-state index in [1.165, 1.54) is 37.0 Å². The van der Waals surface area contributed by atoms with Crippen LogP contribution in [0.2, 0.25) is 0 Å².